The highest BCUT2D eigenvalue weighted by molar-refractivity contribution is 5.88. The minimum absolute atomic E-state index is 0.0699. The number of carbonyl (C=O) groups excluding carboxylic acids is 1. The summed E-state index contributed by atoms with van der Waals surface area (Å²) in [5.41, 5.74) is 1.63. The highest BCUT2D eigenvalue weighted by atomic mass is 16.5. The van der Waals surface area contributed by atoms with E-state index in [0.29, 0.717) is 39.0 Å². The first-order chi connectivity index (χ1) is 11.0. The fraction of sp³-hybridized carbons (Fsp3) is 0.556. The Labute approximate surface area is 137 Å². The molecule has 0 aromatic heterocycles. The van der Waals surface area contributed by atoms with E-state index < -0.39 is 11.4 Å². The van der Waals surface area contributed by atoms with Crippen molar-refractivity contribution in [3.05, 3.63) is 35.4 Å². The van der Waals surface area contributed by atoms with Crippen LogP contribution in [0.1, 0.15) is 36.8 Å². The van der Waals surface area contributed by atoms with Crippen LogP contribution in [0.3, 0.4) is 0 Å². The molecule has 5 heteroatoms. The number of benzene rings is 1. The number of aliphatic carboxylic acids is 1. The molecule has 1 heterocycles. The molecule has 0 spiro atoms. The fourth-order valence-corrected chi connectivity index (χ4v) is 3.36. The first kappa shape index (κ1) is 17.5. The van der Waals surface area contributed by atoms with Crippen LogP contribution in [0.25, 0.3) is 0 Å². The zero-order valence-electron chi connectivity index (χ0n) is 13.9. The molecule has 0 unspecified atom stereocenters. The van der Waals surface area contributed by atoms with Crippen LogP contribution in [-0.2, 0) is 19.7 Å². The number of rotatable bonds is 6. The molecule has 1 saturated heterocycles. The van der Waals surface area contributed by atoms with E-state index in [-0.39, 0.29) is 12.3 Å². The Kier molecular flexibility index (Phi) is 5.77. The molecule has 2 rings (SSSR count). The monoisotopic (exact) mass is 319 g/mol. The number of amides is 1. The van der Waals surface area contributed by atoms with Crippen molar-refractivity contribution < 1.29 is 19.4 Å². The third-order valence-electron chi connectivity index (χ3n) is 4.65. The van der Waals surface area contributed by atoms with Crippen LogP contribution in [-0.4, -0.2) is 48.7 Å². The van der Waals surface area contributed by atoms with E-state index in [9.17, 15) is 9.59 Å². The third kappa shape index (κ3) is 3.91. The Morgan fingerprint density at radius 1 is 1.26 bits per heavy atom. The predicted octanol–water partition coefficient (Wildman–Crippen LogP) is 2.37. The molecular formula is C18H25NO4. The summed E-state index contributed by atoms with van der Waals surface area (Å²) in [7, 11) is 1.76. The number of nitrogens with zero attached hydrogens (tertiary/aromatic N) is 1. The van der Waals surface area contributed by atoms with Crippen molar-refractivity contribution in [3.8, 4) is 0 Å². The molecule has 1 N–H and O–H groups in total. The molecule has 1 aliphatic rings. The number of carboxylic acid groups (broad SMARTS) is 1. The Hall–Kier alpha value is -1.88. The van der Waals surface area contributed by atoms with Gasteiger partial charge in [0.25, 0.3) is 0 Å². The van der Waals surface area contributed by atoms with Gasteiger partial charge in [-0.05, 0) is 37.3 Å². The second-order valence-corrected chi connectivity index (χ2v) is 6.23. The molecular weight excluding hydrogens is 294 g/mol. The fourth-order valence-electron chi connectivity index (χ4n) is 3.36. The van der Waals surface area contributed by atoms with Crippen LogP contribution >= 0.6 is 0 Å². The lowest BCUT2D eigenvalue weighted by molar-refractivity contribution is -0.141. The van der Waals surface area contributed by atoms with Crippen molar-refractivity contribution in [2.24, 2.45) is 0 Å². The van der Waals surface area contributed by atoms with Crippen molar-refractivity contribution in [1.82, 2.24) is 4.90 Å². The van der Waals surface area contributed by atoms with Crippen molar-refractivity contribution in [2.45, 2.75) is 38.0 Å². The van der Waals surface area contributed by atoms with Gasteiger partial charge in [0.1, 0.15) is 0 Å². The highest BCUT2D eigenvalue weighted by Crippen LogP contribution is 2.38. The summed E-state index contributed by atoms with van der Waals surface area (Å²) in [6.07, 6.45) is 1.88. The summed E-state index contributed by atoms with van der Waals surface area (Å²) >= 11 is 0. The van der Waals surface area contributed by atoms with Gasteiger partial charge in [0, 0.05) is 33.2 Å². The first-order valence-electron chi connectivity index (χ1n) is 8.08. The number of ether oxygens (including phenoxy) is 1. The molecule has 126 valence electrons. The molecule has 0 aliphatic carbocycles. The molecule has 0 radical (unpaired) electrons. The highest BCUT2D eigenvalue weighted by Gasteiger charge is 2.43. The van der Waals surface area contributed by atoms with Crippen molar-refractivity contribution in [3.63, 3.8) is 0 Å². The van der Waals surface area contributed by atoms with Crippen LogP contribution in [0, 0.1) is 6.92 Å². The summed E-state index contributed by atoms with van der Waals surface area (Å²) in [6.45, 7) is 3.63. The molecule has 1 aromatic carbocycles. The van der Waals surface area contributed by atoms with Gasteiger partial charge < -0.3 is 14.7 Å². The average Bonchev–Trinajstić information content (AvgIpc) is 2.54. The summed E-state index contributed by atoms with van der Waals surface area (Å²) in [5.74, 6) is -0.758. The smallest absolute Gasteiger partial charge is 0.303 e. The Balaban J connectivity index is 2.22. The normalized spacial score (nSPS) is 16.8. The molecule has 23 heavy (non-hydrogen) atoms. The van der Waals surface area contributed by atoms with Gasteiger partial charge in [0.05, 0.1) is 5.41 Å². The summed E-state index contributed by atoms with van der Waals surface area (Å²) in [6, 6.07) is 8.01. The van der Waals surface area contributed by atoms with Gasteiger partial charge in [-0.15, -0.1) is 0 Å². The van der Waals surface area contributed by atoms with Crippen LogP contribution in [0.5, 0.6) is 0 Å². The second-order valence-electron chi connectivity index (χ2n) is 6.23. The summed E-state index contributed by atoms with van der Waals surface area (Å²) < 4.78 is 5.48. The van der Waals surface area contributed by atoms with E-state index >= 15 is 0 Å². The maximum absolute atomic E-state index is 13.2. The van der Waals surface area contributed by atoms with Gasteiger partial charge >= 0.3 is 5.97 Å². The molecule has 1 amide bonds. The van der Waals surface area contributed by atoms with E-state index in [1.807, 2.05) is 31.2 Å². The lowest BCUT2D eigenvalue weighted by Crippen LogP contribution is -2.49. The van der Waals surface area contributed by atoms with Gasteiger partial charge in [-0.3, -0.25) is 9.59 Å². The molecule has 1 fully saturated rings. The Bertz CT molecular complexity index is 564. The van der Waals surface area contributed by atoms with Gasteiger partial charge in [-0.2, -0.15) is 0 Å². The quantitative estimate of drug-likeness (QED) is 0.874. The number of carbonyl (C=O) groups is 2. The molecule has 0 saturated carbocycles. The SMILES string of the molecule is Cc1ccccc1C1(C(=O)N(C)CCCC(=O)O)CCOCC1. The second kappa shape index (κ2) is 7.59. The maximum Gasteiger partial charge on any atom is 0.303 e. The Morgan fingerprint density at radius 3 is 2.52 bits per heavy atom. The van der Waals surface area contributed by atoms with Crippen LogP contribution < -0.4 is 0 Å². The van der Waals surface area contributed by atoms with E-state index in [1.165, 1.54) is 0 Å². The maximum atomic E-state index is 13.2. The minimum Gasteiger partial charge on any atom is -0.481 e. The zero-order valence-corrected chi connectivity index (χ0v) is 13.9. The number of likely N-dealkylation sites (N-methyl/N-ethyl adjacent to an activating group) is 1. The predicted molar refractivity (Wildman–Crippen MR) is 87.4 cm³/mol. The van der Waals surface area contributed by atoms with Gasteiger partial charge in [-0.1, -0.05) is 24.3 Å². The van der Waals surface area contributed by atoms with Crippen LogP contribution in [0.15, 0.2) is 24.3 Å². The topological polar surface area (TPSA) is 66.8 Å². The lowest BCUT2D eigenvalue weighted by Gasteiger charge is -2.40. The first-order valence-corrected chi connectivity index (χ1v) is 8.08. The molecule has 0 bridgehead atoms. The van der Waals surface area contributed by atoms with Crippen molar-refractivity contribution in [2.75, 3.05) is 26.8 Å². The molecule has 0 atom stereocenters. The average molecular weight is 319 g/mol. The van der Waals surface area contributed by atoms with Crippen LogP contribution in [0.2, 0.25) is 0 Å². The van der Waals surface area contributed by atoms with Gasteiger partial charge in [0.2, 0.25) is 5.91 Å². The summed E-state index contributed by atoms with van der Waals surface area (Å²) in [5, 5.41) is 8.76. The standard InChI is InChI=1S/C18H25NO4/c1-14-6-3-4-7-15(14)18(9-12-23-13-10-18)17(22)19(2)11-5-8-16(20)21/h3-4,6-7H,5,8-13H2,1-2H3,(H,20,21). The third-order valence-corrected chi connectivity index (χ3v) is 4.65. The molecule has 5 nitrogen and oxygen atoms in total. The van der Waals surface area contributed by atoms with Gasteiger partial charge in [0.15, 0.2) is 0 Å². The van der Waals surface area contributed by atoms with E-state index in [0.717, 1.165) is 11.1 Å². The largest absolute Gasteiger partial charge is 0.481 e. The summed E-state index contributed by atoms with van der Waals surface area (Å²) in [4.78, 5) is 25.5. The molecule has 1 aromatic rings. The Morgan fingerprint density at radius 2 is 1.91 bits per heavy atom. The lowest BCUT2D eigenvalue weighted by atomic mass is 9.71. The molecule has 1 aliphatic heterocycles. The minimum atomic E-state index is -0.828. The van der Waals surface area contributed by atoms with Crippen molar-refractivity contribution in [1.29, 1.82) is 0 Å². The number of hydrogen-bond acceptors (Lipinski definition) is 3. The number of hydrogen-bond donors (Lipinski definition) is 1. The number of aryl methyl sites for hydroxylation is 1. The van der Waals surface area contributed by atoms with Crippen molar-refractivity contribution >= 4 is 11.9 Å². The van der Waals surface area contributed by atoms with Gasteiger partial charge in [-0.25, -0.2) is 0 Å². The van der Waals surface area contributed by atoms with E-state index in [1.54, 1.807) is 11.9 Å². The van der Waals surface area contributed by atoms with Crippen LogP contribution in [0.4, 0.5) is 0 Å². The zero-order chi connectivity index (χ0) is 16.9. The van der Waals surface area contributed by atoms with E-state index in [4.69, 9.17) is 9.84 Å². The van der Waals surface area contributed by atoms with E-state index in [2.05, 4.69) is 0 Å². The number of carboxylic acids is 1.